The maximum absolute atomic E-state index is 13.0. The third-order valence-electron chi connectivity index (χ3n) is 2.74. The molecule has 1 aromatic rings. The SMILES string of the molecule is CC1(C)OC(=O)C(=Cc2ccc(F)cc2C(F)(F)F)C(=O)O1. The molecule has 0 saturated carbocycles. The standard InChI is InChI=1S/C14H10F4O4/c1-13(2)21-11(19)9(12(20)22-13)5-7-3-4-8(15)6-10(7)14(16,17)18/h3-6H,1-2H3. The molecular weight excluding hydrogens is 308 g/mol. The first-order valence-corrected chi connectivity index (χ1v) is 6.05. The molecule has 0 bridgehead atoms. The summed E-state index contributed by atoms with van der Waals surface area (Å²) in [6.07, 6.45) is -4.18. The molecule has 0 spiro atoms. The molecule has 0 unspecified atom stereocenters. The maximum atomic E-state index is 13.0. The molecule has 1 saturated heterocycles. The molecule has 0 atom stereocenters. The van der Waals surface area contributed by atoms with Gasteiger partial charge in [0.2, 0.25) is 0 Å². The van der Waals surface area contributed by atoms with Gasteiger partial charge in [-0.25, -0.2) is 14.0 Å². The lowest BCUT2D eigenvalue weighted by Crippen LogP contribution is -2.41. The van der Waals surface area contributed by atoms with Crippen LogP contribution >= 0.6 is 0 Å². The largest absolute Gasteiger partial charge is 0.419 e. The minimum Gasteiger partial charge on any atom is -0.419 e. The zero-order valence-corrected chi connectivity index (χ0v) is 11.5. The summed E-state index contributed by atoms with van der Waals surface area (Å²) in [4.78, 5) is 23.4. The van der Waals surface area contributed by atoms with E-state index in [0.29, 0.717) is 6.08 Å². The van der Waals surface area contributed by atoms with Crippen LogP contribution in [0.1, 0.15) is 25.0 Å². The van der Waals surface area contributed by atoms with Crippen molar-refractivity contribution in [3.63, 3.8) is 0 Å². The molecule has 1 aliphatic heterocycles. The number of halogens is 4. The molecule has 1 heterocycles. The van der Waals surface area contributed by atoms with Crippen molar-refractivity contribution >= 4 is 18.0 Å². The number of esters is 2. The van der Waals surface area contributed by atoms with E-state index in [-0.39, 0.29) is 6.07 Å². The second-order valence-electron chi connectivity index (χ2n) is 4.97. The first-order chi connectivity index (χ1) is 9.99. The minimum atomic E-state index is -4.85. The summed E-state index contributed by atoms with van der Waals surface area (Å²) in [5.41, 5.74) is -2.56. The minimum absolute atomic E-state index is 0.274. The second-order valence-corrected chi connectivity index (χ2v) is 4.97. The van der Waals surface area contributed by atoms with Gasteiger partial charge in [-0.1, -0.05) is 6.07 Å². The Morgan fingerprint density at radius 2 is 1.64 bits per heavy atom. The molecule has 1 aromatic carbocycles. The first-order valence-electron chi connectivity index (χ1n) is 6.05. The number of carbonyl (C=O) groups is 2. The van der Waals surface area contributed by atoms with Crippen molar-refractivity contribution in [2.75, 3.05) is 0 Å². The van der Waals surface area contributed by atoms with Gasteiger partial charge in [-0.2, -0.15) is 13.2 Å². The van der Waals surface area contributed by atoms with Crippen LogP contribution in [0.5, 0.6) is 0 Å². The number of alkyl halides is 3. The molecule has 1 aliphatic rings. The number of rotatable bonds is 1. The quantitative estimate of drug-likeness (QED) is 0.346. The molecule has 0 amide bonds. The summed E-state index contributed by atoms with van der Waals surface area (Å²) in [5, 5.41) is 0. The molecule has 0 aliphatic carbocycles. The Kier molecular flexibility index (Phi) is 3.72. The lowest BCUT2D eigenvalue weighted by molar-refractivity contribution is -0.222. The molecule has 8 heteroatoms. The predicted octanol–water partition coefficient (Wildman–Crippen LogP) is 3.06. The van der Waals surface area contributed by atoms with Gasteiger partial charge in [0.05, 0.1) is 5.56 Å². The fourth-order valence-corrected chi connectivity index (χ4v) is 1.83. The van der Waals surface area contributed by atoms with Crippen LogP contribution in [0.3, 0.4) is 0 Å². The first kappa shape index (κ1) is 16.0. The molecule has 1 fully saturated rings. The molecular formula is C14H10F4O4. The van der Waals surface area contributed by atoms with Gasteiger partial charge >= 0.3 is 18.1 Å². The van der Waals surface area contributed by atoms with Gasteiger partial charge in [0, 0.05) is 13.8 Å². The molecule has 22 heavy (non-hydrogen) atoms. The molecule has 4 nitrogen and oxygen atoms in total. The Balaban J connectivity index is 2.50. The van der Waals surface area contributed by atoms with Crippen molar-refractivity contribution < 1.29 is 36.6 Å². The summed E-state index contributed by atoms with van der Waals surface area (Å²) in [7, 11) is 0. The smallest absolute Gasteiger partial charge is 0.417 e. The van der Waals surface area contributed by atoms with E-state index < -0.39 is 46.4 Å². The highest BCUT2D eigenvalue weighted by Gasteiger charge is 2.40. The maximum Gasteiger partial charge on any atom is 0.417 e. The van der Waals surface area contributed by atoms with Crippen LogP contribution in [0.15, 0.2) is 23.8 Å². The van der Waals surface area contributed by atoms with Crippen molar-refractivity contribution in [2.45, 2.75) is 25.8 Å². The average molecular weight is 318 g/mol. The average Bonchev–Trinajstić information content (AvgIpc) is 2.32. The van der Waals surface area contributed by atoms with Crippen LogP contribution in [0, 0.1) is 5.82 Å². The third kappa shape index (κ3) is 3.26. The Morgan fingerprint density at radius 1 is 1.09 bits per heavy atom. The highest BCUT2D eigenvalue weighted by Crippen LogP contribution is 2.34. The Labute approximate surface area is 122 Å². The highest BCUT2D eigenvalue weighted by atomic mass is 19.4. The second kappa shape index (κ2) is 5.11. The third-order valence-corrected chi connectivity index (χ3v) is 2.74. The predicted molar refractivity (Wildman–Crippen MR) is 65.6 cm³/mol. The number of ether oxygens (including phenoxy) is 2. The van der Waals surface area contributed by atoms with Gasteiger partial charge in [-0.3, -0.25) is 0 Å². The van der Waals surface area contributed by atoms with Crippen molar-refractivity contribution in [3.05, 3.63) is 40.7 Å². The summed E-state index contributed by atoms with van der Waals surface area (Å²) in [5.74, 6) is -4.82. The summed E-state index contributed by atoms with van der Waals surface area (Å²) < 4.78 is 61.2. The highest BCUT2D eigenvalue weighted by molar-refractivity contribution is 6.18. The summed E-state index contributed by atoms with van der Waals surface area (Å²) >= 11 is 0. The fourth-order valence-electron chi connectivity index (χ4n) is 1.83. The molecule has 0 N–H and O–H groups in total. The number of cyclic esters (lactones) is 2. The van der Waals surface area contributed by atoms with Crippen molar-refractivity contribution in [1.82, 2.24) is 0 Å². The topological polar surface area (TPSA) is 52.6 Å². The van der Waals surface area contributed by atoms with Gasteiger partial charge in [0.15, 0.2) is 0 Å². The van der Waals surface area contributed by atoms with E-state index in [1.54, 1.807) is 0 Å². The number of hydrogen-bond acceptors (Lipinski definition) is 4. The van der Waals surface area contributed by atoms with Crippen LogP contribution in [0.2, 0.25) is 0 Å². The van der Waals surface area contributed by atoms with Crippen LogP contribution < -0.4 is 0 Å². The molecule has 118 valence electrons. The van der Waals surface area contributed by atoms with Crippen LogP contribution in [-0.2, 0) is 25.2 Å². The van der Waals surface area contributed by atoms with Gasteiger partial charge in [-0.15, -0.1) is 0 Å². The monoisotopic (exact) mass is 318 g/mol. The van der Waals surface area contributed by atoms with E-state index in [1.807, 2.05) is 0 Å². The lowest BCUT2D eigenvalue weighted by Gasteiger charge is -2.29. The molecule has 0 radical (unpaired) electrons. The van der Waals surface area contributed by atoms with Gasteiger partial charge < -0.3 is 9.47 Å². The van der Waals surface area contributed by atoms with Crippen molar-refractivity contribution in [3.8, 4) is 0 Å². The Bertz CT molecular complexity index is 652. The van der Waals surface area contributed by atoms with Crippen LogP contribution in [0.4, 0.5) is 17.6 Å². The van der Waals surface area contributed by atoms with E-state index in [2.05, 4.69) is 0 Å². The van der Waals surface area contributed by atoms with Crippen LogP contribution in [-0.4, -0.2) is 17.7 Å². The Morgan fingerprint density at radius 3 is 2.14 bits per heavy atom. The summed E-state index contributed by atoms with van der Waals surface area (Å²) in [6, 6.07) is 1.87. The number of hydrogen-bond donors (Lipinski definition) is 0. The van der Waals surface area contributed by atoms with E-state index in [4.69, 9.17) is 9.47 Å². The van der Waals surface area contributed by atoms with Crippen molar-refractivity contribution in [1.29, 1.82) is 0 Å². The normalized spacial score (nSPS) is 17.8. The number of carbonyl (C=O) groups excluding carboxylic acids is 2. The van der Waals surface area contributed by atoms with E-state index in [9.17, 15) is 27.2 Å². The van der Waals surface area contributed by atoms with Crippen molar-refractivity contribution in [2.24, 2.45) is 0 Å². The lowest BCUT2D eigenvalue weighted by atomic mass is 10.0. The zero-order valence-electron chi connectivity index (χ0n) is 11.5. The fraction of sp³-hybridized carbons (Fsp3) is 0.286. The molecule has 0 aromatic heterocycles. The Hall–Kier alpha value is -2.38. The van der Waals surface area contributed by atoms with E-state index in [1.165, 1.54) is 13.8 Å². The van der Waals surface area contributed by atoms with E-state index >= 15 is 0 Å². The molecule has 2 rings (SSSR count). The van der Waals surface area contributed by atoms with Gasteiger partial charge in [0.25, 0.3) is 5.79 Å². The van der Waals surface area contributed by atoms with Crippen LogP contribution in [0.25, 0.3) is 6.08 Å². The summed E-state index contributed by atoms with van der Waals surface area (Å²) in [6.45, 7) is 2.61. The van der Waals surface area contributed by atoms with Gasteiger partial charge in [0.1, 0.15) is 11.4 Å². The van der Waals surface area contributed by atoms with Gasteiger partial charge in [-0.05, 0) is 23.8 Å². The zero-order chi connectivity index (χ0) is 16.7. The number of benzene rings is 1. The van der Waals surface area contributed by atoms with E-state index in [0.717, 1.165) is 12.1 Å².